The molecule has 0 amide bonds. The quantitative estimate of drug-likeness (QED) is 0.545. The molecule has 1 aromatic carbocycles. The molecule has 1 aliphatic rings. The average Bonchev–Trinajstić information content (AvgIpc) is 3.25. The van der Waals surface area contributed by atoms with Gasteiger partial charge in [0.15, 0.2) is 10.9 Å². The van der Waals surface area contributed by atoms with Gasteiger partial charge < -0.3 is 9.55 Å². The summed E-state index contributed by atoms with van der Waals surface area (Å²) in [5, 5.41) is 10.5. The molecule has 0 radical (unpaired) electrons. The molecule has 0 aliphatic heterocycles. The number of Topliss-reactive ketones (excluding diaryl/α,β-unsaturated/α-hetero) is 1. The number of hydrogen-bond donors (Lipinski definition) is 1. The van der Waals surface area contributed by atoms with E-state index >= 15 is 0 Å². The lowest BCUT2D eigenvalue weighted by molar-refractivity contribution is 0.102. The number of nitrogens with one attached hydrogen (secondary N) is 1. The largest absolute Gasteiger partial charge is 0.358 e. The van der Waals surface area contributed by atoms with Gasteiger partial charge in [-0.2, -0.15) is 0 Å². The molecule has 1 fully saturated rings. The number of aromatic nitrogens is 4. The lowest BCUT2D eigenvalue weighted by atomic mass is 10.1. The highest BCUT2D eigenvalue weighted by molar-refractivity contribution is 7.99. The molecule has 6 heteroatoms. The molecule has 124 valence electrons. The number of fused-ring (bicyclic) bond motifs is 1. The summed E-state index contributed by atoms with van der Waals surface area (Å²) in [7, 11) is 0. The Balaban J connectivity index is 1.55. The van der Waals surface area contributed by atoms with E-state index in [1.807, 2.05) is 31.2 Å². The highest BCUT2D eigenvalue weighted by atomic mass is 32.2. The monoisotopic (exact) mass is 340 g/mol. The highest BCUT2D eigenvalue weighted by Gasteiger charge is 2.30. The number of benzene rings is 1. The van der Waals surface area contributed by atoms with Gasteiger partial charge in [0.05, 0.1) is 5.75 Å². The Bertz CT molecular complexity index is 907. The lowest BCUT2D eigenvalue weighted by Gasteiger charge is -2.06. The summed E-state index contributed by atoms with van der Waals surface area (Å²) in [6.07, 6.45) is 2.41. The van der Waals surface area contributed by atoms with Crippen LogP contribution in [0.2, 0.25) is 0 Å². The van der Waals surface area contributed by atoms with Gasteiger partial charge in [0.25, 0.3) is 0 Å². The van der Waals surface area contributed by atoms with Crippen molar-refractivity contribution in [3.63, 3.8) is 0 Å². The van der Waals surface area contributed by atoms with Crippen LogP contribution in [0.5, 0.6) is 0 Å². The highest BCUT2D eigenvalue weighted by Crippen LogP contribution is 2.40. The van der Waals surface area contributed by atoms with E-state index in [1.54, 1.807) is 0 Å². The molecule has 0 saturated heterocycles. The van der Waals surface area contributed by atoms with E-state index in [0.717, 1.165) is 39.7 Å². The number of nitrogens with zero attached hydrogens (tertiary/aromatic N) is 3. The van der Waals surface area contributed by atoms with E-state index < -0.39 is 0 Å². The van der Waals surface area contributed by atoms with Gasteiger partial charge in [-0.3, -0.25) is 4.79 Å². The molecule has 1 saturated carbocycles. The van der Waals surface area contributed by atoms with Gasteiger partial charge in [-0.15, -0.1) is 10.2 Å². The van der Waals surface area contributed by atoms with Crippen molar-refractivity contribution in [2.75, 3.05) is 5.75 Å². The summed E-state index contributed by atoms with van der Waals surface area (Å²) in [5.41, 5.74) is 2.73. The summed E-state index contributed by atoms with van der Waals surface area (Å²) in [4.78, 5) is 16.1. The summed E-state index contributed by atoms with van der Waals surface area (Å²) in [5.74, 6) is 2.16. The maximum absolute atomic E-state index is 12.8. The van der Waals surface area contributed by atoms with Crippen molar-refractivity contribution < 1.29 is 4.79 Å². The molecule has 5 nitrogen and oxygen atoms in total. The summed E-state index contributed by atoms with van der Waals surface area (Å²) >= 11 is 1.49. The van der Waals surface area contributed by atoms with E-state index in [1.165, 1.54) is 24.6 Å². The smallest absolute Gasteiger partial charge is 0.191 e. The molecule has 2 aromatic heterocycles. The van der Waals surface area contributed by atoms with Gasteiger partial charge in [-0.25, -0.2) is 0 Å². The van der Waals surface area contributed by atoms with Crippen LogP contribution in [0.1, 0.15) is 47.6 Å². The van der Waals surface area contributed by atoms with Crippen molar-refractivity contribution in [2.45, 2.75) is 44.3 Å². The second kappa shape index (κ2) is 6.09. The standard InChI is InChI=1S/C18H20N4OS/c1-3-22-17(12-8-9-12)20-21-18(22)24-10-15(23)16-11(2)19-14-7-5-4-6-13(14)16/h4-7,12,19H,3,8-10H2,1-2H3. The van der Waals surface area contributed by atoms with Gasteiger partial charge in [-0.1, -0.05) is 30.0 Å². The summed E-state index contributed by atoms with van der Waals surface area (Å²) in [6, 6.07) is 7.94. The van der Waals surface area contributed by atoms with Crippen molar-refractivity contribution in [2.24, 2.45) is 0 Å². The predicted molar refractivity (Wildman–Crippen MR) is 95.8 cm³/mol. The number of aryl methyl sites for hydroxylation is 1. The zero-order chi connectivity index (χ0) is 16.7. The molecule has 0 unspecified atom stereocenters. The number of thioether (sulfide) groups is 1. The Morgan fingerprint density at radius 2 is 2.12 bits per heavy atom. The Hall–Kier alpha value is -2.08. The van der Waals surface area contributed by atoms with E-state index in [4.69, 9.17) is 0 Å². The molecule has 0 atom stereocenters. The van der Waals surface area contributed by atoms with Gasteiger partial charge >= 0.3 is 0 Å². The minimum absolute atomic E-state index is 0.133. The molecule has 2 heterocycles. The van der Waals surface area contributed by atoms with Crippen LogP contribution in [-0.4, -0.2) is 31.3 Å². The molecular weight excluding hydrogens is 320 g/mol. The zero-order valence-electron chi connectivity index (χ0n) is 13.9. The Kier molecular flexibility index (Phi) is 3.92. The van der Waals surface area contributed by atoms with E-state index in [2.05, 4.69) is 26.7 Å². The van der Waals surface area contributed by atoms with Crippen LogP contribution in [0.3, 0.4) is 0 Å². The third-order valence-electron chi connectivity index (χ3n) is 4.51. The molecule has 1 aliphatic carbocycles. The molecule has 4 rings (SSSR count). The SMILES string of the molecule is CCn1c(SCC(=O)c2c(C)[nH]c3ccccc23)nnc1C1CC1. The Morgan fingerprint density at radius 3 is 2.88 bits per heavy atom. The van der Waals surface area contributed by atoms with Crippen LogP contribution < -0.4 is 0 Å². The van der Waals surface area contributed by atoms with Crippen LogP contribution in [0.15, 0.2) is 29.4 Å². The molecule has 0 spiro atoms. The van der Waals surface area contributed by atoms with Crippen molar-refractivity contribution in [1.82, 2.24) is 19.7 Å². The van der Waals surface area contributed by atoms with Gasteiger partial charge in [0.2, 0.25) is 0 Å². The normalized spacial score (nSPS) is 14.4. The fourth-order valence-corrected chi connectivity index (χ4v) is 4.07. The molecule has 0 bridgehead atoms. The molecule has 24 heavy (non-hydrogen) atoms. The van der Waals surface area contributed by atoms with Crippen LogP contribution in [0.4, 0.5) is 0 Å². The van der Waals surface area contributed by atoms with Crippen LogP contribution in [-0.2, 0) is 6.54 Å². The predicted octanol–water partition coefficient (Wildman–Crippen LogP) is 3.94. The number of ketones is 1. The first-order valence-corrected chi connectivity index (χ1v) is 9.34. The van der Waals surface area contributed by atoms with E-state index in [-0.39, 0.29) is 5.78 Å². The topological polar surface area (TPSA) is 63.6 Å². The fraction of sp³-hybridized carbons (Fsp3) is 0.389. The number of aromatic amines is 1. The van der Waals surface area contributed by atoms with Gasteiger partial charge in [0.1, 0.15) is 5.82 Å². The Labute approximate surface area is 144 Å². The van der Waals surface area contributed by atoms with Crippen molar-refractivity contribution in [1.29, 1.82) is 0 Å². The minimum Gasteiger partial charge on any atom is -0.358 e. The maximum atomic E-state index is 12.8. The van der Waals surface area contributed by atoms with Crippen LogP contribution in [0, 0.1) is 6.92 Å². The molecule has 3 aromatic rings. The third kappa shape index (κ3) is 2.65. The zero-order valence-corrected chi connectivity index (χ0v) is 14.7. The lowest BCUT2D eigenvalue weighted by Crippen LogP contribution is -2.06. The first-order valence-electron chi connectivity index (χ1n) is 8.35. The van der Waals surface area contributed by atoms with Crippen molar-refractivity contribution in [3.8, 4) is 0 Å². The van der Waals surface area contributed by atoms with Crippen molar-refractivity contribution in [3.05, 3.63) is 41.3 Å². The first kappa shape index (κ1) is 15.4. The van der Waals surface area contributed by atoms with E-state index in [9.17, 15) is 4.79 Å². The summed E-state index contributed by atoms with van der Waals surface area (Å²) < 4.78 is 2.15. The van der Waals surface area contributed by atoms with E-state index in [0.29, 0.717) is 11.7 Å². The fourth-order valence-electron chi connectivity index (χ4n) is 3.19. The number of H-pyrrole nitrogens is 1. The number of rotatable bonds is 6. The van der Waals surface area contributed by atoms with Gasteiger partial charge in [0, 0.05) is 34.6 Å². The Morgan fingerprint density at radius 1 is 1.33 bits per heavy atom. The van der Waals surface area contributed by atoms with Crippen molar-refractivity contribution >= 4 is 28.4 Å². The first-order chi connectivity index (χ1) is 11.7. The second-order valence-electron chi connectivity index (χ2n) is 6.24. The number of hydrogen-bond acceptors (Lipinski definition) is 4. The second-order valence-corrected chi connectivity index (χ2v) is 7.18. The van der Waals surface area contributed by atoms with Crippen LogP contribution in [0.25, 0.3) is 10.9 Å². The molecular formula is C18H20N4OS. The van der Waals surface area contributed by atoms with Crippen LogP contribution >= 0.6 is 11.8 Å². The number of para-hydroxylation sites is 1. The maximum Gasteiger partial charge on any atom is 0.191 e. The number of carbonyl (C=O) groups excluding carboxylic acids is 1. The van der Waals surface area contributed by atoms with Gasteiger partial charge in [-0.05, 0) is 32.8 Å². The minimum atomic E-state index is 0.133. The summed E-state index contributed by atoms with van der Waals surface area (Å²) in [6.45, 7) is 4.91. The average molecular weight is 340 g/mol. The number of carbonyl (C=O) groups is 1. The third-order valence-corrected chi connectivity index (χ3v) is 5.48. The molecule has 1 N–H and O–H groups in total.